The summed E-state index contributed by atoms with van der Waals surface area (Å²) >= 11 is 1.11. The predicted molar refractivity (Wildman–Crippen MR) is 98.2 cm³/mol. The van der Waals surface area contributed by atoms with Gasteiger partial charge in [-0.25, -0.2) is 13.2 Å². The molecule has 2 N–H and O–H groups in total. The molecule has 0 bridgehead atoms. The van der Waals surface area contributed by atoms with E-state index in [1.165, 1.54) is 18.2 Å². The highest BCUT2D eigenvalue weighted by atomic mass is 32.2. The molecule has 1 aliphatic rings. The standard InChI is InChI=1S/C16H19N3O4S2/c1-18-6-8-19(9-7-18)14-5-4-12(16(20)21)11-13(14)17-25(22,23)15-3-2-10-24-15/h2-5,10-11,17H,6-9H2,1H3,(H,20,21). The van der Waals surface area contributed by atoms with Gasteiger partial charge < -0.3 is 14.9 Å². The molecule has 134 valence electrons. The molecule has 0 unspecified atom stereocenters. The zero-order chi connectivity index (χ0) is 18.0. The van der Waals surface area contributed by atoms with Crippen molar-refractivity contribution in [1.29, 1.82) is 0 Å². The minimum atomic E-state index is -3.75. The number of carboxylic acids is 1. The molecule has 1 fully saturated rings. The van der Waals surface area contributed by atoms with E-state index in [1.807, 2.05) is 7.05 Å². The summed E-state index contributed by atoms with van der Waals surface area (Å²) in [6.07, 6.45) is 0. The van der Waals surface area contributed by atoms with E-state index in [1.54, 1.807) is 17.5 Å². The number of hydrogen-bond acceptors (Lipinski definition) is 6. The summed E-state index contributed by atoms with van der Waals surface area (Å²) in [7, 11) is -1.71. The van der Waals surface area contributed by atoms with Gasteiger partial charge in [0.05, 0.1) is 16.9 Å². The van der Waals surface area contributed by atoms with Crippen LogP contribution < -0.4 is 9.62 Å². The van der Waals surface area contributed by atoms with Crippen LogP contribution in [0.15, 0.2) is 39.9 Å². The lowest BCUT2D eigenvalue weighted by Gasteiger charge is -2.35. The molecule has 1 saturated heterocycles. The molecule has 1 aromatic carbocycles. The SMILES string of the molecule is CN1CCN(c2ccc(C(=O)O)cc2NS(=O)(=O)c2cccs2)CC1. The number of nitrogens with one attached hydrogen (secondary N) is 1. The van der Waals surface area contributed by atoms with Gasteiger partial charge in [-0.3, -0.25) is 4.72 Å². The maximum Gasteiger partial charge on any atom is 0.335 e. The van der Waals surface area contributed by atoms with E-state index in [2.05, 4.69) is 14.5 Å². The Kier molecular flexibility index (Phi) is 4.98. The van der Waals surface area contributed by atoms with E-state index in [-0.39, 0.29) is 15.5 Å². The number of piperazine rings is 1. The number of likely N-dealkylation sites (N-methyl/N-ethyl adjacent to an activating group) is 1. The second kappa shape index (κ2) is 7.03. The van der Waals surface area contributed by atoms with Gasteiger partial charge in [-0.1, -0.05) is 6.07 Å². The van der Waals surface area contributed by atoms with Gasteiger partial charge in [0, 0.05) is 26.2 Å². The van der Waals surface area contributed by atoms with Crippen LogP contribution in [0.1, 0.15) is 10.4 Å². The van der Waals surface area contributed by atoms with E-state index in [9.17, 15) is 18.3 Å². The first kappa shape index (κ1) is 17.7. The van der Waals surface area contributed by atoms with Crippen molar-refractivity contribution in [2.75, 3.05) is 42.8 Å². The molecule has 1 aromatic heterocycles. The molecule has 25 heavy (non-hydrogen) atoms. The normalized spacial score (nSPS) is 16.0. The van der Waals surface area contributed by atoms with Crippen LogP contribution in [-0.2, 0) is 10.0 Å². The van der Waals surface area contributed by atoms with Crippen LogP contribution in [0.5, 0.6) is 0 Å². The molecular weight excluding hydrogens is 362 g/mol. The smallest absolute Gasteiger partial charge is 0.335 e. The van der Waals surface area contributed by atoms with Crippen LogP contribution in [0.4, 0.5) is 11.4 Å². The fourth-order valence-electron chi connectivity index (χ4n) is 2.69. The Balaban J connectivity index is 1.97. The van der Waals surface area contributed by atoms with Crippen molar-refractivity contribution < 1.29 is 18.3 Å². The van der Waals surface area contributed by atoms with E-state index in [0.717, 1.165) is 37.5 Å². The largest absolute Gasteiger partial charge is 0.478 e. The zero-order valence-corrected chi connectivity index (χ0v) is 15.3. The minimum Gasteiger partial charge on any atom is -0.478 e. The molecule has 0 aliphatic carbocycles. The zero-order valence-electron chi connectivity index (χ0n) is 13.7. The van der Waals surface area contributed by atoms with Crippen molar-refractivity contribution in [2.24, 2.45) is 0 Å². The Morgan fingerprint density at radius 1 is 1.20 bits per heavy atom. The lowest BCUT2D eigenvalue weighted by molar-refractivity contribution is 0.0697. The average Bonchev–Trinajstić information content (AvgIpc) is 3.11. The number of benzene rings is 1. The topological polar surface area (TPSA) is 89.9 Å². The molecular formula is C16H19N3O4S2. The van der Waals surface area contributed by atoms with Crippen molar-refractivity contribution in [3.05, 3.63) is 41.3 Å². The first-order chi connectivity index (χ1) is 11.9. The highest BCUT2D eigenvalue weighted by molar-refractivity contribution is 7.94. The van der Waals surface area contributed by atoms with Crippen molar-refractivity contribution in [1.82, 2.24) is 4.90 Å². The number of sulfonamides is 1. The number of carbonyl (C=O) groups is 1. The van der Waals surface area contributed by atoms with Crippen LogP contribution in [0, 0.1) is 0 Å². The minimum absolute atomic E-state index is 0.0433. The van der Waals surface area contributed by atoms with Gasteiger partial charge in [0.1, 0.15) is 4.21 Å². The third-order valence-electron chi connectivity index (χ3n) is 4.09. The summed E-state index contributed by atoms with van der Waals surface area (Å²) < 4.78 is 27.9. The summed E-state index contributed by atoms with van der Waals surface area (Å²) in [5.41, 5.74) is 1.03. The summed E-state index contributed by atoms with van der Waals surface area (Å²) in [6.45, 7) is 3.21. The number of thiophene rings is 1. The van der Waals surface area contributed by atoms with Gasteiger partial charge in [-0.2, -0.15) is 0 Å². The second-order valence-electron chi connectivity index (χ2n) is 5.86. The van der Waals surface area contributed by atoms with E-state index >= 15 is 0 Å². The molecule has 0 spiro atoms. The molecule has 0 saturated carbocycles. The van der Waals surface area contributed by atoms with Gasteiger partial charge >= 0.3 is 5.97 Å². The molecule has 7 nitrogen and oxygen atoms in total. The highest BCUT2D eigenvalue weighted by Gasteiger charge is 2.22. The molecule has 2 aromatic rings. The molecule has 0 atom stereocenters. The van der Waals surface area contributed by atoms with Gasteiger partial charge in [-0.15, -0.1) is 11.3 Å². The maximum absolute atomic E-state index is 12.6. The van der Waals surface area contributed by atoms with Crippen LogP contribution >= 0.6 is 11.3 Å². The summed E-state index contributed by atoms with van der Waals surface area (Å²) in [4.78, 5) is 15.5. The Hall–Kier alpha value is -2.10. The van der Waals surface area contributed by atoms with E-state index in [0.29, 0.717) is 5.69 Å². The molecule has 2 heterocycles. The summed E-state index contributed by atoms with van der Waals surface area (Å²) in [6, 6.07) is 7.72. The fraction of sp³-hybridized carbons (Fsp3) is 0.312. The number of aromatic carboxylic acids is 1. The van der Waals surface area contributed by atoms with E-state index in [4.69, 9.17) is 0 Å². The summed E-state index contributed by atoms with van der Waals surface area (Å²) in [5, 5.41) is 10.9. The number of nitrogens with zero attached hydrogens (tertiary/aromatic N) is 2. The first-order valence-electron chi connectivity index (χ1n) is 7.74. The Labute approximate surface area is 150 Å². The van der Waals surface area contributed by atoms with Gasteiger partial charge in [0.25, 0.3) is 10.0 Å². The molecule has 0 amide bonds. The predicted octanol–water partition coefficient (Wildman–Crippen LogP) is 2.00. The van der Waals surface area contributed by atoms with Crippen LogP contribution in [0.2, 0.25) is 0 Å². The third-order valence-corrected chi connectivity index (χ3v) is 6.85. The molecule has 1 aliphatic heterocycles. The maximum atomic E-state index is 12.6. The average molecular weight is 381 g/mol. The van der Waals surface area contributed by atoms with Crippen molar-refractivity contribution >= 4 is 38.7 Å². The van der Waals surface area contributed by atoms with Crippen molar-refractivity contribution in [3.63, 3.8) is 0 Å². The number of rotatable bonds is 5. The summed E-state index contributed by atoms with van der Waals surface area (Å²) in [5.74, 6) is -1.10. The second-order valence-corrected chi connectivity index (χ2v) is 8.72. The fourth-order valence-corrected chi connectivity index (χ4v) is 4.74. The van der Waals surface area contributed by atoms with Crippen molar-refractivity contribution in [3.8, 4) is 0 Å². The Morgan fingerprint density at radius 2 is 1.92 bits per heavy atom. The third kappa shape index (κ3) is 3.94. The Morgan fingerprint density at radius 3 is 2.52 bits per heavy atom. The number of anilines is 2. The van der Waals surface area contributed by atoms with Gasteiger partial charge in [0.15, 0.2) is 0 Å². The number of carboxylic acid groups (broad SMARTS) is 1. The lowest BCUT2D eigenvalue weighted by Crippen LogP contribution is -2.44. The monoisotopic (exact) mass is 381 g/mol. The number of hydrogen-bond donors (Lipinski definition) is 2. The van der Waals surface area contributed by atoms with Crippen LogP contribution in [0.3, 0.4) is 0 Å². The lowest BCUT2D eigenvalue weighted by atomic mass is 10.1. The first-order valence-corrected chi connectivity index (χ1v) is 10.1. The molecule has 0 radical (unpaired) electrons. The highest BCUT2D eigenvalue weighted by Crippen LogP contribution is 2.31. The molecule has 3 rings (SSSR count). The Bertz CT molecular complexity index is 858. The van der Waals surface area contributed by atoms with E-state index < -0.39 is 16.0 Å². The van der Waals surface area contributed by atoms with Crippen LogP contribution in [-0.4, -0.2) is 57.6 Å². The van der Waals surface area contributed by atoms with Crippen molar-refractivity contribution in [2.45, 2.75) is 4.21 Å². The van der Waals surface area contributed by atoms with Crippen LogP contribution in [0.25, 0.3) is 0 Å². The van der Waals surface area contributed by atoms with Gasteiger partial charge in [0.2, 0.25) is 0 Å². The van der Waals surface area contributed by atoms with Gasteiger partial charge in [-0.05, 0) is 36.7 Å². The quantitative estimate of drug-likeness (QED) is 0.823. The molecule has 9 heteroatoms.